The Labute approximate surface area is 112 Å². The van der Waals surface area contributed by atoms with Crippen LogP contribution in [-0.4, -0.2) is 48.7 Å². The summed E-state index contributed by atoms with van der Waals surface area (Å²) in [6.07, 6.45) is -0.517. The summed E-state index contributed by atoms with van der Waals surface area (Å²) in [5.41, 5.74) is 4.56. The summed E-state index contributed by atoms with van der Waals surface area (Å²) in [4.78, 5) is 35.5. The molecule has 0 spiro atoms. The number of ether oxygens (including phenoxy) is 2. The Kier molecular flexibility index (Phi) is 4.88. The van der Waals surface area contributed by atoms with Crippen LogP contribution in [0.1, 0.15) is 27.2 Å². The molecule has 1 atom stereocenters. The zero-order valence-electron chi connectivity index (χ0n) is 11.5. The number of primary amides is 1. The lowest BCUT2D eigenvalue weighted by Gasteiger charge is -2.40. The molecule has 0 aromatic heterocycles. The lowest BCUT2D eigenvalue weighted by Crippen LogP contribution is -2.56. The highest BCUT2D eigenvalue weighted by molar-refractivity contribution is 5.98. The predicted octanol–water partition coefficient (Wildman–Crippen LogP) is 0.272. The minimum atomic E-state index is -0.868. The second-order valence-corrected chi connectivity index (χ2v) is 5.49. The van der Waals surface area contributed by atoms with Crippen molar-refractivity contribution in [2.45, 2.75) is 33.2 Å². The first-order valence-electron chi connectivity index (χ1n) is 6.08. The third-order valence-electron chi connectivity index (χ3n) is 2.94. The normalized spacial score (nSPS) is 18.4. The van der Waals surface area contributed by atoms with Crippen molar-refractivity contribution in [3.05, 3.63) is 0 Å². The number of amides is 3. The summed E-state index contributed by atoms with van der Waals surface area (Å²) in [5, 5.41) is 0. The van der Waals surface area contributed by atoms with Crippen LogP contribution in [0.5, 0.6) is 0 Å². The van der Waals surface area contributed by atoms with Gasteiger partial charge in [0.05, 0.1) is 6.61 Å². The molecule has 19 heavy (non-hydrogen) atoms. The second kappa shape index (κ2) is 6.01. The molecular weight excluding hydrogens is 252 g/mol. The molecule has 0 aromatic carbocycles. The van der Waals surface area contributed by atoms with Gasteiger partial charge >= 0.3 is 6.09 Å². The van der Waals surface area contributed by atoms with Crippen LogP contribution in [0.3, 0.4) is 0 Å². The molecule has 7 heteroatoms. The van der Waals surface area contributed by atoms with Crippen LogP contribution >= 0.6 is 0 Å². The third-order valence-corrected chi connectivity index (χ3v) is 2.94. The standard InChI is InChI=1S/C12H20N2O5/c1-12(2,3)8(4-5-19-11(13)17)14-9(15)6-18-7-10(14)16/h8H,4-7H2,1-3H3,(H2,13,17). The minimum absolute atomic E-state index is 0.0647. The van der Waals surface area contributed by atoms with E-state index in [0.29, 0.717) is 6.42 Å². The Morgan fingerprint density at radius 3 is 2.32 bits per heavy atom. The number of nitrogens with two attached hydrogens (primary N) is 1. The Morgan fingerprint density at radius 2 is 1.89 bits per heavy atom. The molecule has 3 amide bonds. The highest BCUT2D eigenvalue weighted by atomic mass is 16.5. The molecule has 0 bridgehead atoms. The fourth-order valence-corrected chi connectivity index (χ4v) is 2.07. The lowest BCUT2D eigenvalue weighted by atomic mass is 9.83. The number of hydrogen-bond donors (Lipinski definition) is 1. The Balaban J connectivity index is 2.80. The molecule has 0 aromatic rings. The molecule has 1 fully saturated rings. The minimum Gasteiger partial charge on any atom is -0.450 e. The highest BCUT2D eigenvalue weighted by Crippen LogP contribution is 2.28. The number of carbonyl (C=O) groups is 3. The smallest absolute Gasteiger partial charge is 0.404 e. The fraction of sp³-hybridized carbons (Fsp3) is 0.750. The topological polar surface area (TPSA) is 98.9 Å². The van der Waals surface area contributed by atoms with Crippen molar-refractivity contribution in [1.82, 2.24) is 4.90 Å². The van der Waals surface area contributed by atoms with Gasteiger partial charge in [0, 0.05) is 12.5 Å². The molecule has 1 heterocycles. The van der Waals surface area contributed by atoms with E-state index in [0.717, 1.165) is 0 Å². The quantitative estimate of drug-likeness (QED) is 0.741. The van der Waals surface area contributed by atoms with Crippen molar-refractivity contribution in [3.63, 3.8) is 0 Å². The van der Waals surface area contributed by atoms with Crippen molar-refractivity contribution >= 4 is 17.9 Å². The molecule has 0 aliphatic carbocycles. The number of morpholine rings is 1. The van der Waals surface area contributed by atoms with Gasteiger partial charge < -0.3 is 15.2 Å². The zero-order valence-corrected chi connectivity index (χ0v) is 11.5. The van der Waals surface area contributed by atoms with Gasteiger partial charge in [-0.2, -0.15) is 0 Å². The number of rotatable bonds is 4. The number of hydrogen-bond acceptors (Lipinski definition) is 5. The molecular formula is C12H20N2O5. The summed E-state index contributed by atoms with van der Waals surface area (Å²) in [6.45, 7) is 5.60. The van der Waals surface area contributed by atoms with E-state index in [1.165, 1.54) is 4.90 Å². The van der Waals surface area contributed by atoms with Crippen LogP contribution in [0.4, 0.5) is 4.79 Å². The Morgan fingerprint density at radius 1 is 1.37 bits per heavy atom. The number of nitrogens with zero attached hydrogens (tertiary/aromatic N) is 1. The largest absolute Gasteiger partial charge is 0.450 e. The molecule has 7 nitrogen and oxygen atoms in total. The van der Waals surface area contributed by atoms with Gasteiger partial charge in [0.1, 0.15) is 13.2 Å². The van der Waals surface area contributed by atoms with E-state index in [9.17, 15) is 14.4 Å². The van der Waals surface area contributed by atoms with Crippen molar-refractivity contribution in [2.75, 3.05) is 19.8 Å². The molecule has 0 radical (unpaired) electrons. The van der Waals surface area contributed by atoms with Crippen LogP contribution in [0.2, 0.25) is 0 Å². The van der Waals surface area contributed by atoms with Gasteiger partial charge in [0.15, 0.2) is 0 Å². The monoisotopic (exact) mass is 272 g/mol. The maximum Gasteiger partial charge on any atom is 0.404 e. The van der Waals surface area contributed by atoms with E-state index in [2.05, 4.69) is 4.74 Å². The van der Waals surface area contributed by atoms with Gasteiger partial charge in [-0.1, -0.05) is 20.8 Å². The first-order valence-corrected chi connectivity index (χ1v) is 6.08. The van der Waals surface area contributed by atoms with E-state index in [-0.39, 0.29) is 43.1 Å². The first kappa shape index (κ1) is 15.4. The maximum absolute atomic E-state index is 11.8. The first-order chi connectivity index (χ1) is 8.73. The molecule has 0 saturated carbocycles. The van der Waals surface area contributed by atoms with E-state index < -0.39 is 6.09 Å². The second-order valence-electron chi connectivity index (χ2n) is 5.49. The van der Waals surface area contributed by atoms with Crippen LogP contribution < -0.4 is 5.73 Å². The van der Waals surface area contributed by atoms with Gasteiger partial charge in [-0.25, -0.2) is 4.79 Å². The van der Waals surface area contributed by atoms with E-state index in [1.54, 1.807) is 0 Å². The summed E-state index contributed by atoms with van der Waals surface area (Å²) >= 11 is 0. The average Bonchev–Trinajstić information content (AvgIpc) is 2.24. The molecule has 1 aliphatic heterocycles. The summed E-state index contributed by atoms with van der Waals surface area (Å²) in [6, 6.07) is -0.365. The Hall–Kier alpha value is -1.63. The maximum atomic E-state index is 11.8. The van der Waals surface area contributed by atoms with Crippen molar-refractivity contribution in [1.29, 1.82) is 0 Å². The fourth-order valence-electron chi connectivity index (χ4n) is 2.07. The molecule has 2 N–H and O–H groups in total. The van der Waals surface area contributed by atoms with Crippen LogP contribution in [0.25, 0.3) is 0 Å². The van der Waals surface area contributed by atoms with Crippen molar-refractivity contribution < 1.29 is 23.9 Å². The van der Waals surface area contributed by atoms with Gasteiger partial charge in [-0.05, 0) is 5.41 Å². The van der Waals surface area contributed by atoms with E-state index in [1.807, 2.05) is 20.8 Å². The SMILES string of the molecule is CC(C)(C)C(CCOC(N)=O)N1C(=O)COCC1=O. The van der Waals surface area contributed by atoms with Gasteiger partial charge in [-0.3, -0.25) is 14.5 Å². The van der Waals surface area contributed by atoms with Crippen LogP contribution in [0, 0.1) is 5.41 Å². The molecule has 1 aliphatic rings. The molecule has 108 valence electrons. The lowest BCUT2D eigenvalue weighted by molar-refractivity contribution is -0.164. The molecule has 1 unspecified atom stereocenters. The summed E-state index contributed by atoms with van der Waals surface area (Å²) in [7, 11) is 0. The number of carbonyl (C=O) groups excluding carboxylic acids is 3. The van der Waals surface area contributed by atoms with Crippen LogP contribution in [0.15, 0.2) is 0 Å². The van der Waals surface area contributed by atoms with Crippen molar-refractivity contribution in [3.8, 4) is 0 Å². The average molecular weight is 272 g/mol. The molecule has 1 rings (SSSR count). The highest BCUT2D eigenvalue weighted by Gasteiger charge is 2.39. The van der Waals surface area contributed by atoms with Crippen LogP contribution in [-0.2, 0) is 19.1 Å². The summed E-state index contributed by atoms with van der Waals surface area (Å²) in [5.74, 6) is -0.731. The third kappa shape index (κ3) is 4.20. The van der Waals surface area contributed by atoms with Gasteiger partial charge in [0.2, 0.25) is 0 Å². The van der Waals surface area contributed by atoms with Crippen molar-refractivity contribution in [2.24, 2.45) is 11.1 Å². The van der Waals surface area contributed by atoms with Gasteiger partial charge in [0.25, 0.3) is 11.8 Å². The summed E-state index contributed by atoms with van der Waals surface area (Å²) < 4.78 is 9.57. The molecule has 1 saturated heterocycles. The Bertz CT molecular complexity index is 359. The van der Waals surface area contributed by atoms with E-state index in [4.69, 9.17) is 10.5 Å². The van der Waals surface area contributed by atoms with E-state index >= 15 is 0 Å². The van der Waals surface area contributed by atoms with Gasteiger partial charge in [-0.15, -0.1) is 0 Å². The number of imide groups is 1. The zero-order chi connectivity index (χ0) is 14.6. The predicted molar refractivity (Wildman–Crippen MR) is 66.1 cm³/mol.